The second kappa shape index (κ2) is 10.8. The first-order valence-corrected chi connectivity index (χ1v) is 12.1. The fourth-order valence-corrected chi connectivity index (χ4v) is 4.97. The molecule has 2 N–H and O–H groups in total. The van der Waals surface area contributed by atoms with Crippen LogP contribution in [0, 0.1) is 0 Å². The molecule has 2 saturated heterocycles. The number of alkyl halides is 3. The standard InChI is InChI=1S/C26H29F3N4O4/c1-2-37-22(34)16-21(23(35)31-19-10-8-18(9-11-19)26(27,28)29)32-14-12-25(13-15-32)24(36)30-17-33(25)20-6-4-3-5-7-20/h3-11,21H,2,12-17H2,1H3,(H,30,36)(H,31,35)/t21-/m0/s1. The van der Waals surface area contributed by atoms with Crippen LogP contribution < -0.4 is 15.5 Å². The monoisotopic (exact) mass is 518 g/mol. The minimum atomic E-state index is -4.49. The van der Waals surface area contributed by atoms with Crippen LogP contribution >= 0.6 is 0 Å². The average Bonchev–Trinajstić information content (AvgIpc) is 3.18. The van der Waals surface area contributed by atoms with Gasteiger partial charge in [-0.1, -0.05) is 18.2 Å². The molecule has 198 valence electrons. The summed E-state index contributed by atoms with van der Waals surface area (Å²) in [5.41, 5.74) is -0.494. The molecular weight excluding hydrogens is 489 g/mol. The fraction of sp³-hybridized carbons (Fsp3) is 0.423. The minimum Gasteiger partial charge on any atom is -0.466 e. The summed E-state index contributed by atoms with van der Waals surface area (Å²) in [5, 5.41) is 5.55. The largest absolute Gasteiger partial charge is 0.466 e. The van der Waals surface area contributed by atoms with Crippen molar-refractivity contribution in [1.29, 1.82) is 0 Å². The Morgan fingerprint density at radius 3 is 2.32 bits per heavy atom. The number of amides is 2. The first-order valence-electron chi connectivity index (χ1n) is 12.1. The highest BCUT2D eigenvalue weighted by Gasteiger charge is 2.51. The number of carbonyl (C=O) groups excluding carboxylic acids is 3. The number of likely N-dealkylation sites (tertiary alicyclic amines) is 1. The van der Waals surface area contributed by atoms with Crippen LogP contribution in [0.5, 0.6) is 0 Å². The normalized spacial score (nSPS) is 18.4. The molecule has 0 radical (unpaired) electrons. The Labute approximate surface area is 212 Å². The van der Waals surface area contributed by atoms with Gasteiger partial charge in [0.1, 0.15) is 11.6 Å². The molecule has 2 aliphatic rings. The Kier molecular flexibility index (Phi) is 7.72. The summed E-state index contributed by atoms with van der Waals surface area (Å²) in [6.45, 7) is 2.92. The number of nitrogens with one attached hydrogen (secondary N) is 2. The van der Waals surface area contributed by atoms with E-state index < -0.39 is 35.2 Å². The molecule has 2 aromatic rings. The van der Waals surface area contributed by atoms with E-state index in [4.69, 9.17) is 4.74 Å². The number of benzene rings is 2. The van der Waals surface area contributed by atoms with Gasteiger partial charge in [0.15, 0.2) is 0 Å². The number of rotatable bonds is 7. The SMILES string of the molecule is CCOC(=O)C[C@@H](C(=O)Nc1ccc(C(F)(F)F)cc1)N1CCC2(CC1)C(=O)NCN2c1ccccc1. The van der Waals surface area contributed by atoms with Crippen LogP contribution in [-0.2, 0) is 25.3 Å². The van der Waals surface area contributed by atoms with E-state index in [2.05, 4.69) is 10.6 Å². The van der Waals surface area contributed by atoms with Crippen LogP contribution in [0.2, 0.25) is 0 Å². The van der Waals surface area contributed by atoms with Crippen LogP contribution in [0.4, 0.5) is 24.5 Å². The summed E-state index contributed by atoms with van der Waals surface area (Å²) in [6, 6.07) is 12.8. The number of esters is 1. The summed E-state index contributed by atoms with van der Waals surface area (Å²) in [4.78, 5) is 42.4. The van der Waals surface area contributed by atoms with Gasteiger partial charge in [0.25, 0.3) is 0 Å². The van der Waals surface area contributed by atoms with Crippen molar-refractivity contribution in [3.63, 3.8) is 0 Å². The zero-order valence-electron chi connectivity index (χ0n) is 20.4. The van der Waals surface area contributed by atoms with E-state index in [1.54, 1.807) is 6.92 Å². The van der Waals surface area contributed by atoms with Gasteiger partial charge in [-0.15, -0.1) is 0 Å². The predicted octanol–water partition coefficient (Wildman–Crippen LogP) is 3.39. The van der Waals surface area contributed by atoms with E-state index in [0.717, 1.165) is 17.8 Å². The molecule has 0 unspecified atom stereocenters. The molecule has 2 heterocycles. The van der Waals surface area contributed by atoms with Gasteiger partial charge in [-0.05, 0) is 56.2 Å². The molecule has 0 aliphatic carbocycles. The van der Waals surface area contributed by atoms with Crippen LogP contribution in [0.3, 0.4) is 0 Å². The van der Waals surface area contributed by atoms with Gasteiger partial charge in [-0.25, -0.2) is 0 Å². The van der Waals surface area contributed by atoms with E-state index in [1.165, 1.54) is 12.1 Å². The molecule has 2 fully saturated rings. The van der Waals surface area contributed by atoms with Crippen LogP contribution in [0.15, 0.2) is 54.6 Å². The molecule has 1 spiro atoms. The zero-order valence-corrected chi connectivity index (χ0v) is 20.4. The maximum Gasteiger partial charge on any atom is 0.416 e. The number of carbonyl (C=O) groups is 3. The van der Waals surface area contributed by atoms with E-state index in [9.17, 15) is 27.6 Å². The lowest BCUT2D eigenvalue weighted by Gasteiger charge is -2.45. The Bertz CT molecular complexity index is 1120. The number of nitrogens with zero attached hydrogens (tertiary/aromatic N) is 2. The summed E-state index contributed by atoms with van der Waals surface area (Å²) >= 11 is 0. The van der Waals surface area contributed by atoms with Crippen LogP contribution in [0.25, 0.3) is 0 Å². The number of ether oxygens (including phenoxy) is 1. The van der Waals surface area contributed by atoms with Crippen molar-refractivity contribution < 1.29 is 32.3 Å². The molecule has 2 aliphatic heterocycles. The molecule has 1 atom stereocenters. The van der Waals surface area contributed by atoms with Gasteiger partial charge in [-0.3, -0.25) is 19.3 Å². The number of para-hydroxylation sites is 1. The first-order chi connectivity index (χ1) is 17.6. The van der Waals surface area contributed by atoms with Crippen LogP contribution in [0.1, 0.15) is 31.7 Å². The maximum absolute atomic E-state index is 13.2. The van der Waals surface area contributed by atoms with E-state index in [0.29, 0.717) is 32.6 Å². The lowest BCUT2D eigenvalue weighted by molar-refractivity contribution is -0.147. The lowest BCUT2D eigenvalue weighted by Crippen LogP contribution is -2.59. The van der Waals surface area contributed by atoms with E-state index in [-0.39, 0.29) is 24.6 Å². The van der Waals surface area contributed by atoms with Crippen molar-refractivity contribution in [3.05, 3.63) is 60.2 Å². The Morgan fingerprint density at radius 2 is 1.73 bits per heavy atom. The molecule has 11 heteroatoms. The van der Waals surface area contributed by atoms with E-state index >= 15 is 0 Å². The molecule has 2 amide bonds. The quantitative estimate of drug-likeness (QED) is 0.547. The maximum atomic E-state index is 13.2. The molecule has 4 rings (SSSR count). The number of hydrogen-bond acceptors (Lipinski definition) is 6. The number of piperidine rings is 1. The number of hydrogen-bond donors (Lipinski definition) is 2. The third-order valence-electron chi connectivity index (χ3n) is 6.92. The fourth-order valence-electron chi connectivity index (χ4n) is 4.97. The highest BCUT2D eigenvalue weighted by atomic mass is 19.4. The summed E-state index contributed by atoms with van der Waals surface area (Å²) in [5.74, 6) is -1.16. The van der Waals surface area contributed by atoms with Gasteiger partial charge in [0.2, 0.25) is 11.8 Å². The first kappa shape index (κ1) is 26.5. The second-order valence-electron chi connectivity index (χ2n) is 9.08. The van der Waals surface area contributed by atoms with Crippen LogP contribution in [-0.4, -0.2) is 60.6 Å². The van der Waals surface area contributed by atoms with E-state index in [1.807, 2.05) is 40.1 Å². The third kappa shape index (κ3) is 5.71. The molecule has 0 bridgehead atoms. The van der Waals surface area contributed by atoms with Crippen molar-refractivity contribution in [2.24, 2.45) is 0 Å². The number of anilines is 2. The second-order valence-corrected chi connectivity index (χ2v) is 9.08. The van der Waals surface area contributed by atoms with Crippen molar-refractivity contribution in [2.45, 2.75) is 43.9 Å². The Balaban J connectivity index is 1.49. The topological polar surface area (TPSA) is 91.0 Å². The predicted molar refractivity (Wildman–Crippen MR) is 131 cm³/mol. The van der Waals surface area contributed by atoms with Crippen molar-refractivity contribution >= 4 is 29.2 Å². The van der Waals surface area contributed by atoms with Gasteiger partial charge in [-0.2, -0.15) is 13.2 Å². The third-order valence-corrected chi connectivity index (χ3v) is 6.92. The summed E-state index contributed by atoms with van der Waals surface area (Å²) in [7, 11) is 0. The average molecular weight is 519 g/mol. The van der Waals surface area contributed by atoms with Gasteiger partial charge in [0, 0.05) is 24.5 Å². The summed E-state index contributed by atoms with van der Waals surface area (Å²) in [6.07, 6.45) is -3.85. The highest BCUT2D eigenvalue weighted by molar-refractivity contribution is 5.97. The van der Waals surface area contributed by atoms with Gasteiger partial charge >= 0.3 is 12.1 Å². The Hall–Kier alpha value is -3.60. The lowest BCUT2D eigenvalue weighted by atomic mass is 9.85. The van der Waals surface area contributed by atoms with Crippen molar-refractivity contribution in [2.75, 3.05) is 36.6 Å². The van der Waals surface area contributed by atoms with Crippen molar-refractivity contribution in [1.82, 2.24) is 10.2 Å². The highest BCUT2D eigenvalue weighted by Crippen LogP contribution is 2.37. The zero-order chi connectivity index (χ0) is 26.6. The molecule has 0 saturated carbocycles. The molecular formula is C26H29F3N4O4. The molecule has 37 heavy (non-hydrogen) atoms. The van der Waals surface area contributed by atoms with Gasteiger partial charge < -0.3 is 20.3 Å². The summed E-state index contributed by atoms with van der Waals surface area (Å²) < 4.78 is 43.7. The molecule has 0 aromatic heterocycles. The molecule has 2 aromatic carbocycles. The number of halogens is 3. The smallest absolute Gasteiger partial charge is 0.416 e. The Morgan fingerprint density at radius 1 is 1.08 bits per heavy atom. The minimum absolute atomic E-state index is 0.0767. The van der Waals surface area contributed by atoms with Gasteiger partial charge in [0.05, 0.1) is 25.3 Å². The van der Waals surface area contributed by atoms with Crippen molar-refractivity contribution in [3.8, 4) is 0 Å². The molecule has 8 nitrogen and oxygen atoms in total.